The maximum atomic E-state index is 11.0. The Balaban J connectivity index is 2.32. The van der Waals surface area contributed by atoms with Crippen LogP contribution in [0, 0.1) is 5.41 Å². The van der Waals surface area contributed by atoms with Gasteiger partial charge in [0.05, 0.1) is 13.2 Å². The molecule has 0 aliphatic heterocycles. The molecule has 1 aliphatic rings. The number of rotatable bonds is 5. The van der Waals surface area contributed by atoms with E-state index < -0.39 is 6.10 Å². The molecule has 118 valence electrons. The molecule has 0 radical (unpaired) electrons. The summed E-state index contributed by atoms with van der Waals surface area (Å²) in [5.41, 5.74) is 6.82. The van der Waals surface area contributed by atoms with Gasteiger partial charge in [-0.05, 0) is 36.5 Å². The SMILES string of the molecule is COc1ccc(Cl)cc1C(CN)C(O)C1(C)CCCCC1. The van der Waals surface area contributed by atoms with Crippen LogP contribution in [0.5, 0.6) is 5.75 Å². The molecule has 3 N–H and O–H groups in total. The molecule has 3 nitrogen and oxygen atoms in total. The molecule has 21 heavy (non-hydrogen) atoms. The van der Waals surface area contributed by atoms with Crippen LogP contribution in [0.1, 0.15) is 50.5 Å². The van der Waals surface area contributed by atoms with Gasteiger partial charge >= 0.3 is 0 Å². The largest absolute Gasteiger partial charge is 0.496 e. The van der Waals surface area contributed by atoms with Crippen molar-refractivity contribution in [2.75, 3.05) is 13.7 Å². The third-order valence-electron chi connectivity index (χ3n) is 4.94. The third-order valence-corrected chi connectivity index (χ3v) is 5.17. The van der Waals surface area contributed by atoms with Crippen molar-refractivity contribution in [2.24, 2.45) is 11.1 Å². The lowest BCUT2D eigenvalue weighted by atomic mass is 9.67. The van der Waals surface area contributed by atoms with Gasteiger partial charge in [-0.2, -0.15) is 0 Å². The molecule has 1 aliphatic carbocycles. The van der Waals surface area contributed by atoms with Crippen LogP contribution in [-0.2, 0) is 0 Å². The van der Waals surface area contributed by atoms with Crippen molar-refractivity contribution in [1.29, 1.82) is 0 Å². The minimum atomic E-state index is -0.477. The van der Waals surface area contributed by atoms with E-state index in [-0.39, 0.29) is 11.3 Å². The van der Waals surface area contributed by atoms with Gasteiger partial charge in [0, 0.05) is 23.0 Å². The summed E-state index contributed by atoms with van der Waals surface area (Å²) in [6.07, 6.45) is 5.24. The zero-order chi connectivity index (χ0) is 15.5. The average Bonchev–Trinajstić information content (AvgIpc) is 2.49. The van der Waals surface area contributed by atoms with E-state index in [1.807, 2.05) is 12.1 Å². The van der Waals surface area contributed by atoms with Gasteiger partial charge in [0.2, 0.25) is 0 Å². The van der Waals surface area contributed by atoms with Crippen molar-refractivity contribution in [1.82, 2.24) is 0 Å². The molecule has 1 aromatic carbocycles. The topological polar surface area (TPSA) is 55.5 Å². The van der Waals surface area contributed by atoms with Crippen molar-refractivity contribution in [3.63, 3.8) is 0 Å². The number of benzene rings is 1. The fourth-order valence-corrected chi connectivity index (χ4v) is 3.74. The molecule has 2 rings (SSSR count). The van der Waals surface area contributed by atoms with Gasteiger partial charge in [-0.15, -0.1) is 0 Å². The summed E-state index contributed by atoms with van der Waals surface area (Å²) in [4.78, 5) is 0. The van der Waals surface area contributed by atoms with Crippen LogP contribution in [0.4, 0.5) is 0 Å². The van der Waals surface area contributed by atoms with Crippen LogP contribution in [0.15, 0.2) is 18.2 Å². The predicted molar refractivity (Wildman–Crippen MR) is 87.0 cm³/mol. The highest BCUT2D eigenvalue weighted by atomic mass is 35.5. The number of hydrogen-bond donors (Lipinski definition) is 2. The summed E-state index contributed by atoms with van der Waals surface area (Å²) in [7, 11) is 1.63. The average molecular weight is 312 g/mol. The first-order chi connectivity index (χ1) is 10.0. The van der Waals surface area contributed by atoms with Crippen molar-refractivity contribution in [2.45, 2.75) is 51.0 Å². The molecular formula is C17H26ClNO2. The Morgan fingerprint density at radius 2 is 2.00 bits per heavy atom. The highest BCUT2D eigenvalue weighted by molar-refractivity contribution is 6.30. The van der Waals surface area contributed by atoms with Crippen LogP contribution >= 0.6 is 11.6 Å². The van der Waals surface area contributed by atoms with Gasteiger partial charge in [-0.1, -0.05) is 37.8 Å². The van der Waals surface area contributed by atoms with E-state index in [1.54, 1.807) is 13.2 Å². The summed E-state index contributed by atoms with van der Waals surface area (Å²) >= 11 is 6.12. The zero-order valence-corrected chi connectivity index (χ0v) is 13.7. The van der Waals surface area contributed by atoms with Crippen molar-refractivity contribution < 1.29 is 9.84 Å². The lowest BCUT2D eigenvalue weighted by Gasteiger charge is -2.41. The van der Waals surface area contributed by atoms with Gasteiger partial charge < -0.3 is 15.6 Å². The number of halogens is 1. The van der Waals surface area contributed by atoms with Crippen LogP contribution < -0.4 is 10.5 Å². The first kappa shape index (κ1) is 16.6. The summed E-state index contributed by atoms with van der Waals surface area (Å²) in [6, 6.07) is 5.51. The highest BCUT2D eigenvalue weighted by Gasteiger charge is 2.39. The molecule has 0 amide bonds. The Kier molecular flexibility index (Phi) is 5.53. The number of hydrogen-bond acceptors (Lipinski definition) is 3. The maximum Gasteiger partial charge on any atom is 0.122 e. The number of nitrogens with two attached hydrogens (primary N) is 1. The fourth-order valence-electron chi connectivity index (χ4n) is 3.56. The number of aliphatic hydroxyl groups is 1. The van der Waals surface area contributed by atoms with Crippen molar-refractivity contribution in [3.8, 4) is 5.75 Å². The molecule has 4 heteroatoms. The molecule has 2 unspecified atom stereocenters. The molecular weight excluding hydrogens is 286 g/mol. The Morgan fingerprint density at radius 3 is 2.57 bits per heavy atom. The minimum absolute atomic E-state index is 0.0738. The summed E-state index contributed by atoms with van der Waals surface area (Å²) in [6.45, 7) is 2.56. The van der Waals surface area contributed by atoms with E-state index >= 15 is 0 Å². The standard InChI is InChI=1S/C17H26ClNO2/c1-17(8-4-3-5-9-17)16(20)14(11-19)13-10-12(18)6-7-15(13)21-2/h6-7,10,14,16,20H,3-5,8-9,11,19H2,1-2H3. The van der Waals surface area contributed by atoms with Gasteiger partial charge in [-0.25, -0.2) is 0 Å². The Hall–Kier alpha value is -0.770. The number of aliphatic hydroxyl groups excluding tert-OH is 1. The van der Waals surface area contributed by atoms with E-state index in [0.29, 0.717) is 11.6 Å². The summed E-state index contributed by atoms with van der Waals surface area (Å²) in [5.74, 6) is 0.593. The smallest absolute Gasteiger partial charge is 0.122 e. The van der Waals surface area contributed by atoms with E-state index in [4.69, 9.17) is 22.1 Å². The first-order valence-electron chi connectivity index (χ1n) is 7.73. The van der Waals surface area contributed by atoms with E-state index in [0.717, 1.165) is 24.2 Å². The first-order valence-corrected chi connectivity index (χ1v) is 8.11. The lowest BCUT2D eigenvalue weighted by Crippen LogP contribution is -2.41. The second-order valence-corrected chi connectivity index (χ2v) is 6.82. The van der Waals surface area contributed by atoms with E-state index in [9.17, 15) is 5.11 Å². The lowest BCUT2D eigenvalue weighted by molar-refractivity contribution is -0.00790. The van der Waals surface area contributed by atoms with Crippen molar-refractivity contribution >= 4 is 11.6 Å². The normalized spacial score (nSPS) is 20.8. The molecule has 1 aromatic rings. The number of ether oxygens (including phenoxy) is 1. The monoisotopic (exact) mass is 311 g/mol. The van der Waals surface area contributed by atoms with Crippen molar-refractivity contribution in [3.05, 3.63) is 28.8 Å². The van der Waals surface area contributed by atoms with Crippen LogP contribution in [0.25, 0.3) is 0 Å². The molecule has 0 saturated heterocycles. The Morgan fingerprint density at radius 1 is 1.33 bits per heavy atom. The summed E-state index contributed by atoms with van der Waals surface area (Å²) in [5, 5.41) is 11.6. The minimum Gasteiger partial charge on any atom is -0.496 e. The zero-order valence-electron chi connectivity index (χ0n) is 12.9. The third kappa shape index (κ3) is 3.53. The molecule has 0 bridgehead atoms. The van der Waals surface area contributed by atoms with Gasteiger partial charge in [0.15, 0.2) is 0 Å². The second kappa shape index (κ2) is 6.99. The molecule has 1 saturated carbocycles. The highest BCUT2D eigenvalue weighted by Crippen LogP contribution is 2.44. The quantitative estimate of drug-likeness (QED) is 0.871. The summed E-state index contributed by atoms with van der Waals surface area (Å²) < 4.78 is 5.43. The molecule has 2 atom stereocenters. The van der Waals surface area contributed by atoms with Crippen LogP contribution in [-0.4, -0.2) is 24.9 Å². The molecule has 0 spiro atoms. The molecule has 1 fully saturated rings. The molecule has 0 heterocycles. The van der Waals surface area contributed by atoms with Gasteiger partial charge in [-0.3, -0.25) is 0 Å². The van der Waals surface area contributed by atoms with Crippen LogP contribution in [0.2, 0.25) is 5.02 Å². The Bertz CT molecular complexity index is 472. The number of methoxy groups -OCH3 is 1. The van der Waals surface area contributed by atoms with E-state index in [1.165, 1.54) is 19.3 Å². The van der Waals surface area contributed by atoms with Gasteiger partial charge in [0.25, 0.3) is 0 Å². The molecule has 0 aromatic heterocycles. The Labute approximate surface area is 132 Å². The predicted octanol–water partition coefficient (Wildman–Crippen LogP) is 3.72. The fraction of sp³-hybridized carbons (Fsp3) is 0.647. The maximum absolute atomic E-state index is 11.0. The van der Waals surface area contributed by atoms with Gasteiger partial charge in [0.1, 0.15) is 5.75 Å². The second-order valence-electron chi connectivity index (χ2n) is 6.39. The van der Waals surface area contributed by atoms with E-state index in [2.05, 4.69) is 6.92 Å². The van der Waals surface area contributed by atoms with Crippen LogP contribution in [0.3, 0.4) is 0 Å².